The van der Waals surface area contributed by atoms with Gasteiger partial charge in [-0.3, -0.25) is 10.2 Å². The average Bonchev–Trinajstić information content (AvgIpc) is 2.92. The van der Waals surface area contributed by atoms with Crippen molar-refractivity contribution in [1.82, 2.24) is 10.3 Å². The maximum Gasteiger partial charge on any atom is 0.257 e. The van der Waals surface area contributed by atoms with Gasteiger partial charge < -0.3 is 0 Å². The van der Waals surface area contributed by atoms with Gasteiger partial charge in [0.1, 0.15) is 0 Å². The third kappa shape index (κ3) is 3.79. The average molecular weight is 372 g/mol. The summed E-state index contributed by atoms with van der Waals surface area (Å²) in [5.74, 6) is -1.60. The van der Waals surface area contributed by atoms with Gasteiger partial charge in [0.05, 0.1) is 22.3 Å². The van der Waals surface area contributed by atoms with Crippen LogP contribution in [0.25, 0.3) is 0 Å². The molecule has 0 saturated carbocycles. The van der Waals surface area contributed by atoms with Crippen LogP contribution in [0.3, 0.4) is 0 Å². The van der Waals surface area contributed by atoms with Crippen LogP contribution in [-0.4, -0.2) is 34.2 Å². The lowest BCUT2D eigenvalue weighted by molar-refractivity contribution is -0.124. The lowest BCUT2D eigenvalue weighted by Crippen LogP contribution is -2.44. The quantitative estimate of drug-likeness (QED) is 0.739. The van der Waals surface area contributed by atoms with Crippen molar-refractivity contribution in [1.29, 1.82) is 0 Å². The summed E-state index contributed by atoms with van der Waals surface area (Å²) in [5.41, 5.74) is 4.33. The second-order valence-electron chi connectivity index (χ2n) is 6.33. The lowest BCUT2D eigenvalue weighted by Gasteiger charge is -2.17. The van der Waals surface area contributed by atoms with Crippen LogP contribution in [0.2, 0.25) is 0 Å². The molecule has 1 fully saturated rings. The summed E-state index contributed by atoms with van der Waals surface area (Å²) >= 11 is 0. The topological polar surface area (TPSA) is 109 Å². The fourth-order valence-corrected chi connectivity index (χ4v) is 5.80. The van der Waals surface area contributed by atoms with E-state index >= 15 is 0 Å². The first-order valence-corrected chi connectivity index (χ1v) is 11.2. The van der Waals surface area contributed by atoms with Crippen LogP contribution in [0.15, 0.2) is 23.1 Å². The van der Waals surface area contributed by atoms with Crippen LogP contribution in [0.5, 0.6) is 0 Å². The third-order valence-corrected chi connectivity index (χ3v) is 7.56. The number of nitrogens with one attached hydrogen (secondary N) is 2. The monoisotopic (exact) mass is 372 g/mol. The molecular weight excluding hydrogens is 352 g/mol. The third-order valence-electron chi connectivity index (χ3n) is 4.54. The van der Waals surface area contributed by atoms with Gasteiger partial charge in [0, 0.05) is 0 Å². The number of hydrazine groups is 1. The van der Waals surface area contributed by atoms with Crippen molar-refractivity contribution >= 4 is 25.8 Å². The van der Waals surface area contributed by atoms with E-state index in [2.05, 4.69) is 10.3 Å². The zero-order chi connectivity index (χ0) is 17.4. The number of amides is 1. The standard InChI is InChI=1S/C15H20N2O5S2/c18-15(13-7-8-23(19,20)10-13)16-17-24(21,22)14-6-5-11-3-1-2-4-12(11)9-14/h5-6,9,13,17H,1-4,7-8,10H2,(H,16,18)/t13-/m1/s1. The summed E-state index contributed by atoms with van der Waals surface area (Å²) < 4.78 is 47.4. The van der Waals surface area contributed by atoms with Crippen molar-refractivity contribution in [2.45, 2.75) is 37.0 Å². The molecule has 1 saturated heterocycles. The molecule has 0 aromatic heterocycles. The maximum absolute atomic E-state index is 12.3. The van der Waals surface area contributed by atoms with Crippen molar-refractivity contribution in [3.05, 3.63) is 29.3 Å². The van der Waals surface area contributed by atoms with E-state index in [-0.39, 0.29) is 22.8 Å². The van der Waals surface area contributed by atoms with Crippen LogP contribution >= 0.6 is 0 Å². The van der Waals surface area contributed by atoms with E-state index in [1.165, 1.54) is 11.6 Å². The van der Waals surface area contributed by atoms with Gasteiger partial charge in [0.25, 0.3) is 10.0 Å². The Kier molecular flexibility index (Phi) is 4.67. The minimum absolute atomic E-state index is 0.0390. The number of carbonyl (C=O) groups is 1. The van der Waals surface area contributed by atoms with Gasteiger partial charge in [-0.1, -0.05) is 6.07 Å². The summed E-state index contributed by atoms with van der Waals surface area (Å²) in [6.07, 6.45) is 4.17. The molecular formula is C15H20N2O5S2. The number of carbonyl (C=O) groups excluding carboxylic acids is 1. The van der Waals surface area contributed by atoms with Gasteiger partial charge in [0.15, 0.2) is 9.84 Å². The maximum atomic E-state index is 12.3. The largest absolute Gasteiger partial charge is 0.277 e. The first kappa shape index (κ1) is 17.4. The number of hydrogen-bond donors (Lipinski definition) is 2. The summed E-state index contributed by atoms with van der Waals surface area (Å²) in [5, 5.41) is 0. The zero-order valence-electron chi connectivity index (χ0n) is 13.1. The minimum atomic E-state index is -3.88. The molecule has 2 N–H and O–H groups in total. The van der Waals surface area contributed by atoms with Gasteiger partial charge >= 0.3 is 0 Å². The van der Waals surface area contributed by atoms with E-state index in [0.717, 1.165) is 31.2 Å². The Hall–Kier alpha value is -1.45. The second kappa shape index (κ2) is 6.45. The highest BCUT2D eigenvalue weighted by atomic mass is 32.2. The molecule has 3 rings (SSSR count). The predicted octanol–water partition coefficient (Wildman–Crippen LogP) is 0.310. The van der Waals surface area contributed by atoms with E-state index in [1.54, 1.807) is 6.07 Å². The first-order valence-electron chi connectivity index (χ1n) is 7.91. The highest BCUT2D eigenvalue weighted by Crippen LogP contribution is 2.24. The molecule has 1 atom stereocenters. The predicted molar refractivity (Wildman–Crippen MR) is 88.3 cm³/mol. The SMILES string of the molecule is O=C(NNS(=O)(=O)c1ccc2c(c1)CCCC2)[C@@H]1CCS(=O)(=O)C1. The number of sulfonamides is 1. The number of fused-ring (bicyclic) bond motifs is 1. The Morgan fingerprint density at radius 3 is 2.50 bits per heavy atom. The van der Waals surface area contributed by atoms with Crippen LogP contribution in [0.4, 0.5) is 0 Å². The number of sulfone groups is 1. The fraction of sp³-hybridized carbons (Fsp3) is 0.533. The molecule has 9 heteroatoms. The van der Waals surface area contributed by atoms with Crippen molar-refractivity contribution < 1.29 is 21.6 Å². The number of benzene rings is 1. The van der Waals surface area contributed by atoms with Crippen molar-refractivity contribution in [3.8, 4) is 0 Å². The number of hydrogen-bond acceptors (Lipinski definition) is 5. The molecule has 1 aromatic rings. The molecule has 7 nitrogen and oxygen atoms in total. The summed E-state index contributed by atoms with van der Waals surface area (Å²) in [6.45, 7) is 0. The Labute approximate surface area is 141 Å². The minimum Gasteiger partial charge on any atom is -0.277 e. The smallest absolute Gasteiger partial charge is 0.257 e. The van der Waals surface area contributed by atoms with Crippen LogP contribution in [-0.2, 0) is 37.5 Å². The Balaban J connectivity index is 1.67. The van der Waals surface area contributed by atoms with Gasteiger partial charge in [-0.05, 0) is 55.4 Å². The van der Waals surface area contributed by atoms with E-state index in [4.69, 9.17) is 0 Å². The molecule has 0 spiro atoms. The summed E-state index contributed by atoms with van der Waals surface area (Å²) in [6, 6.07) is 4.98. The van der Waals surface area contributed by atoms with E-state index in [1.807, 2.05) is 6.07 Å². The summed E-state index contributed by atoms with van der Waals surface area (Å²) in [7, 11) is -7.07. The second-order valence-corrected chi connectivity index (χ2v) is 10.2. The molecule has 24 heavy (non-hydrogen) atoms. The van der Waals surface area contributed by atoms with Gasteiger partial charge in [-0.2, -0.15) is 0 Å². The molecule has 132 valence electrons. The van der Waals surface area contributed by atoms with Gasteiger partial charge in [0.2, 0.25) is 5.91 Å². The highest BCUT2D eigenvalue weighted by Gasteiger charge is 2.33. The molecule has 1 aromatic carbocycles. The Morgan fingerprint density at radius 2 is 1.83 bits per heavy atom. The highest BCUT2D eigenvalue weighted by molar-refractivity contribution is 7.91. The van der Waals surface area contributed by atoms with E-state index in [9.17, 15) is 21.6 Å². The van der Waals surface area contributed by atoms with Gasteiger partial charge in [-0.15, -0.1) is 4.83 Å². The molecule has 0 unspecified atom stereocenters. The molecule has 0 bridgehead atoms. The first-order chi connectivity index (χ1) is 11.3. The Morgan fingerprint density at radius 1 is 1.12 bits per heavy atom. The van der Waals surface area contributed by atoms with Crippen molar-refractivity contribution in [2.75, 3.05) is 11.5 Å². The van der Waals surface area contributed by atoms with Crippen LogP contribution < -0.4 is 10.3 Å². The van der Waals surface area contributed by atoms with Crippen molar-refractivity contribution in [3.63, 3.8) is 0 Å². The molecule has 0 radical (unpaired) electrons. The Bertz CT molecular complexity index is 862. The molecule has 1 amide bonds. The molecule has 1 aliphatic carbocycles. The number of rotatable bonds is 4. The normalized spacial score (nSPS) is 22.8. The fourth-order valence-electron chi connectivity index (χ4n) is 3.16. The van der Waals surface area contributed by atoms with Crippen molar-refractivity contribution in [2.24, 2.45) is 5.92 Å². The van der Waals surface area contributed by atoms with E-state index in [0.29, 0.717) is 0 Å². The van der Waals surface area contributed by atoms with Crippen LogP contribution in [0, 0.1) is 5.92 Å². The molecule has 1 heterocycles. The lowest BCUT2D eigenvalue weighted by atomic mass is 9.92. The van der Waals surface area contributed by atoms with Crippen LogP contribution in [0.1, 0.15) is 30.4 Å². The van der Waals surface area contributed by atoms with Gasteiger partial charge in [-0.25, -0.2) is 16.8 Å². The molecule has 1 aliphatic heterocycles. The molecule has 2 aliphatic rings. The summed E-state index contributed by atoms with van der Waals surface area (Å²) in [4.78, 5) is 14.1. The van der Waals surface area contributed by atoms with E-state index < -0.39 is 31.7 Å². The number of aryl methyl sites for hydroxylation is 2. The zero-order valence-corrected chi connectivity index (χ0v) is 14.7.